The van der Waals surface area contributed by atoms with Crippen LogP contribution in [-0.2, 0) is 0 Å². The largest absolute Gasteiger partial charge is 0.497 e. The van der Waals surface area contributed by atoms with Crippen molar-refractivity contribution in [3.8, 4) is 5.75 Å². The molecular formula is C22H35N3O. The highest BCUT2D eigenvalue weighted by Gasteiger charge is 2.09. The van der Waals surface area contributed by atoms with Gasteiger partial charge in [0.25, 0.3) is 0 Å². The molecule has 0 bridgehead atoms. The Morgan fingerprint density at radius 1 is 1.04 bits per heavy atom. The summed E-state index contributed by atoms with van der Waals surface area (Å²) in [5.74, 6) is 0.880. The first-order valence-corrected chi connectivity index (χ1v) is 9.98. The van der Waals surface area contributed by atoms with E-state index in [-0.39, 0.29) is 0 Å². The number of pyridine rings is 1. The van der Waals surface area contributed by atoms with E-state index in [1.807, 2.05) is 6.92 Å². The fourth-order valence-electron chi connectivity index (χ4n) is 3.20. The van der Waals surface area contributed by atoms with E-state index >= 15 is 0 Å². The first kappa shape index (κ1) is 20.5. The molecule has 0 aliphatic heterocycles. The van der Waals surface area contributed by atoms with E-state index in [1.54, 1.807) is 7.11 Å². The highest BCUT2D eigenvalue weighted by molar-refractivity contribution is 5.94. The molecule has 0 spiro atoms. The summed E-state index contributed by atoms with van der Waals surface area (Å²) in [6.07, 6.45) is 6.16. The van der Waals surface area contributed by atoms with Gasteiger partial charge >= 0.3 is 0 Å². The minimum absolute atomic E-state index is 0.637. The van der Waals surface area contributed by atoms with Gasteiger partial charge in [0.2, 0.25) is 0 Å². The summed E-state index contributed by atoms with van der Waals surface area (Å²) in [6.45, 7) is 10.8. The third-order valence-corrected chi connectivity index (χ3v) is 4.98. The van der Waals surface area contributed by atoms with Gasteiger partial charge in [0, 0.05) is 29.7 Å². The van der Waals surface area contributed by atoms with Crippen LogP contribution in [0.25, 0.3) is 10.9 Å². The van der Waals surface area contributed by atoms with E-state index < -0.39 is 0 Å². The average Bonchev–Trinajstić information content (AvgIpc) is 2.63. The Morgan fingerprint density at radius 3 is 2.46 bits per heavy atom. The molecule has 2 N–H and O–H groups in total. The average molecular weight is 358 g/mol. The summed E-state index contributed by atoms with van der Waals surface area (Å²) in [6, 6.07) is 6.90. The lowest BCUT2D eigenvalue weighted by atomic mass is 10.1. The van der Waals surface area contributed by atoms with Gasteiger partial charge in [0.15, 0.2) is 0 Å². The maximum absolute atomic E-state index is 5.47. The van der Waals surface area contributed by atoms with Gasteiger partial charge < -0.3 is 15.4 Å². The summed E-state index contributed by atoms with van der Waals surface area (Å²) < 4.78 is 5.47. The van der Waals surface area contributed by atoms with Crippen LogP contribution in [0.5, 0.6) is 5.75 Å². The zero-order chi connectivity index (χ0) is 18.9. The minimum Gasteiger partial charge on any atom is -0.497 e. The van der Waals surface area contributed by atoms with Crippen LogP contribution in [0, 0.1) is 13.8 Å². The van der Waals surface area contributed by atoms with Crippen molar-refractivity contribution in [2.24, 2.45) is 0 Å². The van der Waals surface area contributed by atoms with Gasteiger partial charge in [-0.2, -0.15) is 0 Å². The molecule has 0 fully saturated rings. The summed E-state index contributed by atoms with van der Waals surface area (Å²) in [7, 11) is 1.72. The molecule has 4 nitrogen and oxygen atoms in total. The SMILES string of the molecule is CCC(C)NCCCCCCNc1cc(OC)cc2c(C)cc(C)nc12. The van der Waals surface area contributed by atoms with Crippen LogP contribution in [0.1, 0.15) is 57.2 Å². The number of nitrogens with zero attached hydrogens (tertiary/aromatic N) is 1. The van der Waals surface area contributed by atoms with Crippen LogP contribution in [0.3, 0.4) is 0 Å². The highest BCUT2D eigenvalue weighted by atomic mass is 16.5. The molecular weight excluding hydrogens is 322 g/mol. The topological polar surface area (TPSA) is 46.2 Å². The first-order chi connectivity index (χ1) is 12.5. The Hall–Kier alpha value is -1.81. The molecule has 0 saturated carbocycles. The minimum atomic E-state index is 0.637. The molecule has 1 atom stereocenters. The van der Waals surface area contributed by atoms with Crippen LogP contribution in [0.4, 0.5) is 5.69 Å². The molecule has 2 rings (SSSR count). The lowest BCUT2D eigenvalue weighted by molar-refractivity contribution is 0.415. The molecule has 0 amide bonds. The number of ether oxygens (including phenoxy) is 1. The zero-order valence-corrected chi connectivity index (χ0v) is 17.1. The number of hydrogen-bond acceptors (Lipinski definition) is 4. The Kier molecular flexibility index (Phi) is 8.17. The number of methoxy groups -OCH3 is 1. The number of anilines is 1. The number of aromatic nitrogens is 1. The Balaban J connectivity index is 1.86. The number of nitrogens with one attached hydrogen (secondary N) is 2. The van der Waals surface area contributed by atoms with E-state index in [2.05, 4.69) is 49.6 Å². The van der Waals surface area contributed by atoms with Crippen molar-refractivity contribution in [1.82, 2.24) is 10.3 Å². The van der Waals surface area contributed by atoms with E-state index in [4.69, 9.17) is 9.72 Å². The summed E-state index contributed by atoms with van der Waals surface area (Å²) >= 11 is 0. The summed E-state index contributed by atoms with van der Waals surface area (Å²) in [5, 5.41) is 8.29. The van der Waals surface area contributed by atoms with Crippen LogP contribution in [0.2, 0.25) is 0 Å². The van der Waals surface area contributed by atoms with Crippen molar-refractivity contribution in [3.63, 3.8) is 0 Å². The van der Waals surface area contributed by atoms with Gasteiger partial charge in [-0.05, 0) is 64.3 Å². The third kappa shape index (κ3) is 5.87. The van der Waals surface area contributed by atoms with Crippen molar-refractivity contribution in [1.29, 1.82) is 0 Å². The van der Waals surface area contributed by atoms with Gasteiger partial charge in [-0.3, -0.25) is 4.98 Å². The van der Waals surface area contributed by atoms with Gasteiger partial charge in [-0.25, -0.2) is 0 Å². The quantitative estimate of drug-likeness (QED) is 0.541. The van der Waals surface area contributed by atoms with Crippen molar-refractivity contribution >= 4 is 16.6 Å². The second-order valence-corrected chi connectivity index (χ2v) is 7.26. The fourth-order valence-corrected chi connectivity index (χ4v) is 3.20. The predicted molar refractivity (Wildman–Crippen MR) is 112 cm³/mol. The smallest absolute Gasteiger partial charge is 0.121 e. The molecule has 2 aromatic rings. The zero-order valence-electron chi connectivity index (χ0n) is 17.1. The van der Waals surface area contributed by atoms with Crippen LogP contribution >= 0.6 is 0 Å². The number of benzene rings is 1. The summed E-state index contributed by atoms with van der Waals surface area (Å²) in [4.78, 5) is 4.75. The van der Waals surface area contributed by atoms with Crippen LogP contribution in [-0.4, -0.2) is 31.2 Å². The Morgan fingerprint density at radius 2 is 1.77 bits per heavy atom. The molecule has 1 aromatic carbocycles. The molecule has 1 heterocycles. The molecule has 1 aromatic heterocycles. The number of fused-ring (bicyclic) bond motifs is 1. The lowest BCUT2D eigenvalue weighted by Crippen LogP contribution is -2.25. The maximum Gasteiger partial charge on any atom is 0.121 e. The molecule has 0 radical (unpaired) electrons. The monoisotopic (exact) mass is 357 g/mol. The number of hydrogen-bond donors (Lipinski definition) is 2. The van der Waals surface area contributed by atoms with Crippen LogP contribution < -0.4 is 15.4 Å². The van der Waals surface area contributed by atoms with Crippen molar-refractivity contribution in [3.05, 3.63) is 29.5 Å². The first-order valence-electron chi connectivity index (χ1n) is 9.98. The van der Waals surface area contributed by atoms with Gasteiger partial charge in [-0.15, -0.1) is 0 Å². The number of aryl methyl sites for hydroxylation is 2. The standard InChI is InChI=1S/C22H35N3O/c1-6-17(3)23-11-9-7-8-10-12-24-21-15-19(26-5)14-20-16(2)13-18(4)25-22(20)21/h13-15,17,23-24H,6-12H2,1-5H3. The Bertz CT molecular complexity index is 699. The van der Waals surface area contributed by atoms with E-state index in [9.17, 15) is 0 Å². The molecule has 0 aliphatic rings. The van der Waals surface area contributed by atoms with Gasteiger partial charge in [0.05, 0.1) is 18.3 Å². The van der Waals surface area contributed by atoms with Crippen molar-refractivity contribution < 1.29 is 4.74 Å². The van der Waals surface area contributed by atoms with Gasteiger partial charge in [-0.1, -0.05) is 19.8 Å². The predicted octanol–water partition coefficient (Wildman–Crippen LogP) is 5.22. The molecule has 4 heteroatoms. The normalized spacial score (nSPS) is 12.3. The molecule has 144 valence electrons. The molecule has 26 heavy (non-hydrogen) atoms. The number of unbranched alkanes of at least 4 members (excludes halogenated alkanes) is 3. The van der Waals surface area contributed by atoms with Gasteiger partial charge in [0.1, 0.15) is 5.75 Å². The molecule has 1 unspecified atom stereocenters. The lowest BCUT2D eigenvalue weighted by Gasteiger charge is -2.14. The van der Waals surface area contributed by atoms with E-state index in [1.165, 1.54) is 37.7 Å². The highest BCUT2D eigenvalue weighted by Crippen LogP contribution is 2.30. The van der Waals surface area contributed by atoms with E-state index in [0.717, 1.165) is 41.1 Å². The second-order valence-electron chi connectivity index (χ2n) is 7.26. The third-order valence-electron chi connectivity index (χ3n) is 4.98. The summed E-state index contributed by atoms with van der Waals surface area (Å²) in [5.41, 5.74) is 4.41. The van der Waals surface area contributed by atoms with Crippen molar-refractivity contribution in [2.45, 2.75) is 65.8 Å². The van der Waals surface area contributed by atoms with Crippen molar-refractivity contribution in [2.75, 3.05) is 25.5 Å². The van der Waals surface area contributed by atoms with Crippen LogP contribution in [0.15, 0.2) is 18.2 Å². The second kappa shape index (κ2) is 10.4. The molecule has 0 saturated heterocycles. The Labute approximate surface area is 158 Å². The maximum atomic E-state index is 5.47. The van der Waals surface area contributed by atoms with E-state index in [0.29, 0.717) is 6.04 Å². The number of rotatable bonds is 11. The fraction of sp³-hybridized carbons (Fsp3) is 0.591. The molecule has 0 aliphatic carbocycles.